The number of carbonyl (C=O) groups is 2. The Morgan fingerprint density at radius 1 is 0.927 bits per heavy atom. The Hall–Kier alpha value is -3.27. The van der Waals surface area contributed by atoms with Crippen molar-refractivity contribution < 1.29 is 22.7 Å². The molecule has 41 heavy (non-hydrogen) atoms. The van der Waals surface area contributed by atoms with Crippen LogP contribution in [0.2, 0.25) is 10.0 Å². The van der Waals surface area contributed by atoms with Crippen LogP contribution in [0.1, 0.15) is 33.3 Å². The third kappa shape index (κ3) is 8.86. The lowest BCUT2D eigenvalue weighted by atomic mass is 10.1. The minimum Gasteiger partial charge on any atom is -0.494 e. The van der Waals surface area contributed by atoms with Gasteiger partial charge in [0.15, 0.2) is 0 Å². The molecular weight excluding hydrogens is 585 g/mol. The van der Waals surface area contributed by atoms with Gasteiger partial charge in [-0.2, -0.15) is 0 Å². The van der Waals surface area contributed by atoms with Crippen molar-refractivity contribution in [2.75, 3.05) is 24.0 Å². The van der Waals surface area contributed by atoms with Crippen LogP contribution in [0.15, 0.2) is 77.7 Å². The quantitative estimate of drug-likeness (QED) is 0.262. The topological polar surface area (TPSA) is 96.0 Å². The Balaban J connectivity index is 2.02. The van der Waals surface area contributed by atoms with Crippen molar-refractivity contribution in [3.63, 3.8) is 0 Å². The van der Waals surface area contributed by atoms with Gasteiger partial charge in [0.05, 0.1) is 17.2 Å². The van der Waals surface area contributed by atoms with E-state index >= 15 is 0 Å². The molecule has 0 radical (unpaired) electrons. The number of carbonyl (C=O) groups excluding carboxylic acids is 2. The SMILES string of the molecule is CCOc1ccc(N(CC(=O)N(Cc2cccc(Cl)c2)[C@H](C)C(=O)NCC(C)C)S(=O)(=O)c2ccc(Cl)cc2)cc1. The van der Waals surface area contributed by atoms with Crippen LogP contribution in [0, 0.1) is 5.92 Å². The number of hydrogen-bond donors (Lipinski definition) is 1. The Bertz CT molecular complexity index is 1430. The molecule has 0 fully saturated rings. The van der Waals surface area contributed by atoms with Gasteiger partial charge in [-0.25, -0.2) is 8.42 Å². The minimum absolute atomic E-state index is 0.0345. The van der Waals surface area contributed by atoms with E-state index in [1.807, 2.05) is 20.8 Å². The van der Waals surface area contributed by atoms with Gasteiger partial charge in [-0.3, -0.25) is 13.9 Å². The molecule has 0 spiro atoms. The van der Waals surface area contributed by atoms with E-state index in [0.29, 0.717) is 34.5 Å². The summed E-state index contributed by atoms with van der Waals surface area (Å²) in [6, 6.07) is 18.2. The smallest absolute Gasteiger partial charge is 0.264 e. The summed E-state index contributed by atoms with van der Waals surface area (Å²) in [7, 11) is -4.21. The number of anilines is 1. The van der Waals surface area contributed by atoms with E-state index in [4.69, 9.17) is 27.9 Å². The van der Waals surface area contributed by atoms with E-state index in [9.17, 15) is 18.0 Å². The second-order valence-corrected chi connectivity index (χ2v) is 12.6. The second kappa shape index (κ2) is 14.6. The summed E-state index contributed by atoms with van der Waals surface area (Å²) in [5, 5.41) is 3.72. The van der Waals surface area contributed by atoms with Crippen molar-refractivity contribution in [3.05, 3.63) is 88.4 Å². The summed E-state index contributed by atoms with van der Waals surface area (Å²) in [6.07, 6.45) is 0. The zero-order valence-electron chi connectivity index (χ0n) is 23.5. The van der Waals surface area contributed by atoms with Crippen LogP contribution in [0.25, 0.3) is 0 Å². The maximum Gasteiger partial charge on any atom is 0.264 e. The third-order valence-electron chi connectivity index (χ3n) is 6.21. The largest absolute Gasteiger partial charge is 0.494 e. The number of amides is 2. The van der Waals surface area contributed by atoms with Crippen LogP contribution in [-0.2, 0) is 26.2 Å². The van der Waals surface area contributed by atoms with Crippen LogP contribution >= 0.6 is 23.2 Å². The summed E-state index contributed by atoms with van der Waals surface area (Å²) in [4.78, 5) is 28.4. The first-order valence-corrected chi connectivity index (χ1v) is 15.4. The van der Waals surface area contributed by atoms with Crippen LogP contribution in [0.5, 0.6) is 5.75 Å². The Morgan fingerprint density at radius 2 is 1.59 bits per heavy atom. The van der Waals surface area contributed by atoms with Crippen molar-refractivity contribution in [2.45, 2.75) is 45.2 Å². The lowest BCUT2D eigenvalue weighted by Crippen LogP contribution is -2.51. The lowest BCUT2D eigenvalue weighted by Gasteiger charge is -2.32. The number of nitrogens with one attached hydrogen (secondary N) is 1. The molecule has 11 heteroatoms. The monoisotopic (exact) mass is 619 g/mol. The summed E-state index contributed by atoms with van der Waals surface area (Å²) in [5.41, 5.74) is 0.957. The van der Waals surface area contributed by atoms with Crippen molar-refractivity contribution in [3.8, 4) is 5.75 Å². The molecule has 1 N–H and O–H groups in total. The number of benzene rings is 3. The van der Waals surface area contributed by atoms with Gasteiger partial charge in [-0.05, 0) is 86.0 Å². The zero-order valence-corrected chi connectivity index (χ0v) is 25.8. The molecule has 1 atom stereocenters. The Morgan fingerprint density at radius 3 is 2.17 bits per heavy atom. The summed E-state index contributed by atoms with van der Waals surface area (Å²) < 4.78 is 34.3. The average molecular weight is 621 g/mol. The fourth-order valence-corrected chi connectivity index (χ4v) is 5.76. The molecule has 0 aliphatic carbocycles. The van der Waals surface area contributed by atoms with E-state index in [-0.39, 0.29) is 29.0 Å². The van der Waals surface area contributed by atoms with E-state index in [1.165, 1.54) is 29.2 Å². The van der Waals surface area contributed by atoms with E-state index in [1.54, 1.807) is 55.5 Å². The number of hydrogen-bond acceptors (Lipinski definition) is 5. The molecule has 0 saturated carbocycles. The molecular formula is C30H35Cl2N3O5S. The third-order valence-corrected chi connectivity index (χ3v) is 8.49. The molecule has 0 heterocycles. The zero-order chi connectivity index (χ0) is 30.2. The predicted molar refractivity (Wildman–Crippen MR) is 163 cm³/mol. The first-order valence-electron chi connectivity index (χ1n) is 13.2. The van der Waals surface area contributed by atoms with Crippen molar-refractivity contribution in [2.24, 2.45) is 5.92 Å². The average Bonchev–Trinajstić information content (AvgIpc) is 2.93. The van der Waals surface area contributed by atoms with Crippen molar-refractivity contribution >= 4 is 50.7 Å². The van der Waals surface area contributed by atoms with Gasteiger partial charge in [-0.1, -0.05) is 49.2 Å². The maximum atomic E-state index is 14.0. The van der Waals surface area contributed by atoms with Crippen LogP contribution < -0.4 is 14.4 Å². The van der Waals surface area contributed by atoms with Gasteiger partial charge in [0.1, 0.15) is 18.3 Å². The summed E-state index contributed by atoms with van der Waals surface area (Å²) >= 11 is 12.2. The van der Waals surface area contributed by atoms with Gasteiger partial charge >= 0.3 is 0 Å². The molecule has 0 unspecified atom stereocenters. The Labute approximate surface area is 252 Å². The molecule has 220 valence electrons. The van der Waals surface area contributed by atoms with Crippen LogP contribution in [0.4, 0.5) is 5.69 Å². The molecule has 0 aromatic heterocycles. The summed E-state index contributed by atoms with van der Waals surface area (Å²) in [6.45, 7) is 7.77. The highest BCUT2D eigenvalue weighted by Crippen LogP contribution is 2.27. The number of sulfonamides is 1. The van der Waals surface area contributed by atoms with Crippen LogP contribution in [0.3, 0.4) is 0 Å². The second-order valence-electron chi connectivity index (χ2n) is 9.86. The predicted octanol–water partition coefficient (Wildman–Crippen LogP) is 5.78. The molecule has 3 aromatic rings. The highest BCUT2D eigenvalue weighted by atomic mass is 35.5. The van der Waals surface area contributed by atoms with Crippen LogP contribution in [-0.4, -0.2) is 50.9 Å². The van der Waals surface area contributed by atoms with Crippen molar-refractivity contribution in [1.29, 1.82) is 0 Å². The molecule has 2 amide bonds. The molecule has 0 aliphatic rings. The molecule has 0 bridgehead atoms. The first kappa shape index (κ1) is 32.2. The number of halogens is 2. The van der Waals surface area contributed by atoms with Gasteiger partial charge in [0.2, 0.25) is 11.8 Å². The number of rotatable bonds is 13. The van der Waals surface area contributed by atoms with Gasteiger partial charge in [-0.15, -0.1) is 0 Å². The van der Waals surface area contributed by atoms with E-state index < -0.39 is 28.5 Å². The number of ether oxygens (including phenoxy) is 1. The molecule has 3 aromatic carbocycles. The summed E-state index contributed by atoms with van der Waals surface area (Å²) in [5.74, 6) is -0.141. The first-order chi connectivity index (χ1) is 19.4. The van der Waals surface area contributed by atoms with E-state index in [2.05, 4.69) is 5.32 Å². The normalized spacial score (nSPS) is 12.1. The highest BCUT2D eigenvalue weighted by Gasteiger charge is 2.32. The van der Waals surface area contributed by atoms with Gasteiger partial charge < -0.3 is 15.0 Å². The molecule has 8 nitrogen and oxygen atoms in total. The fraction of sp³-hybridized carbons (Fsp3) is 0.333. The lowest BCUT2D eigenvalue weighted by molar-refractivity contribution is -0.139. The van der Waals surface area contributed by atoms with Gasteiger partial charge in [0.25, 0.3) is 10.0 Å². The molecule has 0 aliphatic heterocycles. The van der Waals surface area contributed by atoms with E-state index in [0.717, 1.165) is 4.31 Å². The van der Waals surface area contributed by atoms with Crippen molar-refractivity contribution in [1.82, 2.24) is 10.2 Å². The fourth-order valence-electron chi connectivity index (χ4n) is 4.00. The molecule has 3 rings (SSSR count). The highest BCUT2D eigenvalue weighted by molar-refractivity contribution is 7.92. The number of nitrogens with zero attached hydrogens (tertiary/aromatic N) is 2. The standard InChI is InChI=1S/C30H35Cl2N3O5S/c1-5-40-27-13-11-26(12-14-27)35(41(38,39)28-15-9-24(31)10-16-28)20-29(36)34(19-23-7-6-8-25(32)17-23)22(4)30(37)33-18-21(2)3/h6-17,21-22H,5,18-20H2,1-4H3,(H,33,37)/t22-/m1/s1. The Kier molecular flexibility index (Phi) is 11.5. The maximum absolute atomic E-state index is 14.0. The van der Waals surface area contributed by atoms with Gasteiger partial charge in [0, 0.05) is 23.1 Å². The minimum atomic E-state index is -4.21. The molecule has 0 saturated heterocycles.